The molecule has 0 atom stereocenters. The van der Waals surface area contributed by atoms with Crippen LogP contribution in [0.4, 0.5) is 16.9 Å². The van der Waals surface area contributed by atoms with Crippen LogP contribution in [0, 0.1) is 13.8 Å². The SMILES string of the molecule is Cc1cc(C)nc(Nc2nc(N)cs2)n1. The largest absolute Gasteiger partial charge is 0.383 e. The Hall–Kier alpha value is -1.69. The van der Waals surface area contributed by atoms with Crippen LogP contribution in [0.2, 0.25) is 0 Å². The van der Waals surface area contributed by atoms with E-state index in [1.54, 1.807) is 5.38 Å². The second kappa shape index (κ2) is 3.82. The number of thiazole rings is 1. The molecule has 5 nitrogen and oxygen atoms in total. The van der Waals surface area contributed by atoms with Gasteiger partial charge in [-0.25, -0.2) is 15.0 Å². The summed E-state index contributed by atoms with van der Waals surface area (Å²) in [4.78, 5) is 12.6. The van der Waals surface area contributed by atoms with Crippen LogP contribution < -0.4 is 11.1 Å². The van der Waals surface area contributed by atoms with E-state index in [0.29, 0.717) is 16.9 Å². The van der Waals surface area contributed by atoms with Gasteiger partial charge in [0.25, 0.3) is 0 Å². The van der Waals surface area contributed by atoms with Gasteiger partial charge in [0.2, 0.25) is 5.95 Å². The van der Waals surface area contributed by atoms with Crippen LogP contribution in [0.5, 0.6) is 0 Å². The van der Waals surface area contributed by atoms with E-state index >= 15 is 0 Å². The lowest BCUT2D eigenvalue weighted by Gasteiger charge is -2.02. The van der Waals surface area contributed by atoms with E-state index in [2.05, 4.69) is 20.3 Å². The smallest absolute Gasteiger partial charge is 0.229 e. The molecule has 0 radical (unpaired) electrons. The average Bonchev–Trinajstić information content (AvgIpc) is 2.49. The maximum Gasteiger partial charge on any atom is 0.229 e. The van der Waals surface area contributed by atoms with Gasteiger partial charge in [-0.3, -0.25) is 5.32 Å². The molecule has 78 valence electrons. The van der Waals surface area contributed by atoms with Gasteiger partial charge in [0.05, 0.1) is 0 Å². The molecule has 0 fully saturated rings. The number of anilines is 3. The maximum atomic E-state index is 5.51. The predicted molar refractivity (Wildman–Crippen MR) is 61.3 cm³/mol. The number of nitrogen functional groups attached to an aromatic ring is 1. The van der Waals surface area contributed by atoms with Crippen molar-refractivity contribution in [2.75, 3.05) is 11.1 Å². The van der Waals surface area contributed by atoms with Crippen molar-refractivity contribution < 1.29 is 0 Å². The topological polar surface area (TPSA) is 76.7 Å². The molecular formula is C9H11N5S. The lowest BCUT2D eigenvalue weighted by molar-refractivity contribution is 1.06. The fourth-order valence-electron chi connectivity index (χ4n) is 1.22. The molecule has 6 heteroatoms. The van der Waals surface area contributed by atoms with Crippen molar-refractivity contribution in [1.29, 1.82) is 0 Å². The van der Waals surface area contributed by atoms with Crippen LogP contribution in [0.1, 0.15) is 11.4 Å². The molecule has 2 rings (SSSR count). The number of nitrogens with two attached hydrogens (primary N) is 1. The van der Waals surface area contributed by atoms with E-state index in [4.69, 9.17) is 5.73 Å². The molecule has 0 aliphatic carbocycles. The van der Waals surface area contributed by atoms with Crippen LogP contribution in [0.15, 0.2) is 11.4 Å². The third-order valence-corrected chi connectivity index (χ3v) is 2.50. The summed E-state index contributed by atoms with van der Waals surface area (Å²) in [6, 6.07) is 1.92. The Labute approximate surface area is 91.4 Å². The summed E-state index contributed by atoms with van der Waals surface area (Å²) < 4.78 is 0. The molecule has 15 heavy (non-hydrogen) atoms. The summed E-state index contributed by atoms with van der Waals surface area (Å²) in [5.41, 5.74) is 7.36. The van der Waals surface area contributed by atoms with Crippen molar-refractivity contribution >= 4 is 28.2 Å². The van der Waals surface area contributed by atoms with Crippen LogP contribution in [0.25, 0.3) is 0 Å². The number of nitrogens with one attached hydrogen (secondary N) is 1. The molecule has 3 N–H and O–H groups in total. The third kappa shape index (κ3) is 2.41. The van der Waals surface area contributed by atoms with Gasteiger partial charge in [0.1, 0.15) is 5.82 Å². The van der Waals surface area contributed by atoms with E-state index in [1.807, 2.05) is 19.9 Å². The van der Waals surface area contributed by atoms with Crippen molar-refractivity contribution in [3.63, 3.8) is 0 Å². The number of aryl methyl sites for hydroxylation is 2. The van der Waals surface area contributed by atoms with Crippen LogP contribution in [-0.4, -0.2) is 15.0 Å². The van der Waals surface area contributed by atoms with Gasteiger partial charge in [-0.15, -0.1) is 11.3 Å². The molecule has 0 amide bonds. The van der Waals surface area contributed by atoms with Crippen molar-refractivity contribution in [1.82, 2.24) is 15.0 Å². The molecular weight excluding hydrogens is 210 g/mol. The zero-order valence-corrected chi connectivity index (χ0v) is 9.30. The van der Waals surface area contributed by atoms with Crippen LogP contribution in [-0.2, 0) is 0 Å². The van der Waals surface area contributed by atoms with E-state index < -0.39 is 0 Å². The number of rotatable bonds is 2. The fourth-order valence-corrected chi connectivity index (χ4v) is 1.81. The first kappa shape index (κ1) is 9.85. The number of hydrogen-bond donors (Lipinski definition) is 2. The predicted octanol–water partition coefficient (Wildman–Crippen LogP) is 1.88. The molecule has 0 aromatic carbocycles. The fraction of sp³-hybridized carbons (Fsp3) is 0.222. The molecule has 2 aromatic rings. The molecule has 0 saturated heterocycles. The van der Waals surface area contributed by atoms with Gasteiger partial charge in [0.15, 0.2) is 5.13 Å². The van der Waals surface area contributed by atoms with Crippen molar-refractivity contribution in [3.05, 3.63) is 22.8 Å². The Morgan fingerprint density at radius 1 is 1.20 bits per heavy atom. The lowest BCUT2D eigenvalue weighted by atomic mass is 10.4. The minimum atomic E-state index is 0.506. The average molecular weight is 221 g/mol. The van der Waals surface area contributed by atoms with Gasteiger partial charge in [-0.1, -0.05) is 0 Å². The number of aromatic nitrogens is 3. The lowest BCUT2D eigenvalue weighted by Crippen LogP contribution is -1.99. The molecule has 0 unspecified atom stereocenters. The summed E-state index contributed by atoms with van der Waals surface area (Å²) >= 11 is 1.43. The van der Waals surface area contributed by atoms with Crippen molar-refractivity contribution in [2.24, 2.45) is 0 Å². The van der Waals surface area contributed by atoms with E-state index in [1.165, 1.54) is 11.3 Å². The summed E-state index contributed by atoms with van der Waals surface area (Å²) in [5.74, 6) is 1.06. The van der Waals surface area contributed by atoms with Gasteiger partial charge in [0, 0.05) is 16.8 Å². The Balaban J connectivity index is 2.24. The maximum absolute atomic E-state index is 5.51. The molecule has 0 aliphatic heterocycles. The summed E-state index contributed by atoms with van der Waals surface area (Å²) in [6.45, 7) is 3.85. The second-order valence-corrected chi connectivity index (χ2v) is 4.03. The number of nitrogens with zero attached hydrogens (tertiary/aromatic N) is 3. The van der Waals surface area contributed by atoms with Crippen molar-refractivity contribution in [2.45, 2.75) is 13.8 Å². The monoisotopic (exact) mass is 221 g/mol. The Kier molecular flexibility index (Phi) is 2.51. The van der Waals surface area contributed by atoms with E-state index in [0.717, 1.165) is 11.4 Å². The Morgan fingerprint density at radius 3 is 2.40 bits per heavy atom. The van der Waals surface area contributed by atoms with E-state index in [9.17, 15) is 0 Å². The van der Waals surface area contributed by atoms with Crippen LogP contribution in [0.3, 0.4) is 0 Å². The first-order valence-corrected chi connectivity index (χ1v) is 5.32. The second-order valence-electron chi connectivity index (χ2n) is 3.18. The molecule has 0 saturated carbocycles. The van der Waals surface area contributed by atoms with Gasteiger partial charge in [-0.05, 0) is 19.9 Å². The highest BCUT2D eigenvalue weighted by atomic mass is 32.1. The zero-order valence-electron chi connectivity index (χ0n) is 8.48. The highest BCUT2D eigenvalue weighted by molar-refractivity contribution is 7.14. The quantitative estimate of drug-likeness (QED) is 0.809. The van der Waals surface area contributed by atoms with Gasteiger partial charge >= 0.3 is 0 Å². The minimum Gasteiger partial charge on any atom is -0.383 e. The van der Waals surface area contributed by atoms with Crippen molar-refractivity contribution in [3.8, 4) is 0 Å². The molecule has 0 bridgehead atoms. The van der Waals surface area contributed by atoms with Gasteiger partial charge in [-0.2, -0.15) is 0 Å². The summed E-state index contributed by atoms with van der Waals surface area (Å²) in [7, 11) is 0. The van der Waals surface area contributed by atoms with Gasteiger partial charge < -0.3 is 5.73 Å². The molecule has 2 aromatic heterocycles. The first-order valence-electron chi connectivity index (χ1n) is 4.44. The van der Waals surface area contributed by atoms with Crippen LogP contribution >= 0.6 is 11.3 Å². The zero-order chi connectivity index (χ0) is 10.8. The Bertz CT molecular complexity index is 459. The summed E-state index contributed by atoms with van der Waals surface area (Å²) in [6.07, 6.45) is 0. The van der Waals surface area contributed by atoms with E-state index in [-0.39, 0.29) is 0 Å². The highest BCUT2D eigenvalue weighted by Gasteiger charge is 2.02. The molecule has 0 spiro atoms. The first-order chi connectivity index (χ1) is 7.13. The molecule has 2 heterocycles. The Morgan fingerprint density at radius 2 is 1.87 bits per heavy atom. The highest BCUT2D eigenvalue weighted by Crippen LogP contribution is 2.19. The minimum absolute atomic E-state index is 0.506. The number of hydrogen-bond acceptors (Lipinski definition) is 6. The molecule has 0 aliphatic rings. The standard InChI is InChI=1S/C9H11N5S/c1-5-3-6(2)12-8(11-5)14-9-13-7(10)4-15-9/h3-4H,10H2,1-2H3,(H,11,12,13,14). The normalized spacial score (nSPS) is 10.3. The third-order valence-electron chi connectivity index (χ3n) is 1.72. The summed E-state index contributed by atoms with van der Waals surface area (Å²) in [5, 5.41) is 5.49.